The first-order valence-corrected chi connectivity index (χ1v) is 6.55. The topological polar surface area (TPSA) is 12.9 Å². The smallest absolute Gasteiger partial charge is 0.0704 e. The van der Waals surface area contributed by atoms with Gasteiger partial charge < -0.3 is 0 Å². The SMILES string of the molecule is CC1(C)CC1(C)c1ccccc1-c1ccccn1. The summed E-state index contributed by atoms with van der Waals surface area (Å²) in [5.41, 5.74) is 4.50. The van der Waals surface area contributed by atoms with Gasteiger partial charge >= 0.3 is 0 Å². The summed E-state index contributed by atoms with van der Waals surface area (Å²) in [4.78, 5) is 4.50. The minimum atomic E-state index is 0.293. The van der Waals surface area contributed by atoms with Crippen molar-refractivity contribution in [2.24, 2.45) is 5.41 Å². The van der Waals surface area contributed by atoms with Crippen LogP contribution in [0.5, 0.6) is 0 Å². The minimum absolute atomic E-state index is 0.293. The van der Waals surface area contributed by atoms with Gasteiger partial charge in [-0.05, 0) is 34.9 Å². The average molecular weight is 237 g/mol. The molecule has 3 rings (SSSR count). The van der Waals surface area contributed by atoms with Gasteiger partial charge in [0, 0.05) is 11.8 Å². The zero-order valence-electron chi connectivity index (χ0n) is 11.3. The fourth-order valence-electron chi connectivity index (χ4n) is 3.01. The summed E-state index contributed by atoms with van der Waals surface area (Å²) in [6.07, 6.45) is 3.12. The van der Waals surface area contributed by atoms with Crippen molar-refractivity contribution in [1.82, 2.24) is 4.98 Å². The molecule has 0 saturated heterocycles. The summed E-state index contributed by atoms with van der Waals surface area (Å²) in [5, 5.41) is 0. The molecular formula is C17H19N. The fourth-order valence-corrected chi connectivity index (χ4v) is 3.01. The van der Waals surface area contributed by atoms with Crippen LogP contribution in [0.2, 0.25) is 0 Å². The van der Waals surface area contributed by atoms with Gasteiger partial charge in [-0.1, -0.05) is 51.1 Å². The predicted octanol–water partition coefficient (Wildman–Crippen LogP) is 4.44. The Morgan fingerprint density at radius 1 is 0.944 bits per heavy atom. The van der Waals surface area contributed by atoms with Crippen LogP contribution in [-0.4, -0.2) is 4.98 Å². The van der Waals surface area contributed by atoms with E-state index in [2.05, 4.69) is 62.2 Å². The molecule has 18 heavy (non-hydrogen) atoms. The first-order valence-electron chi connectivity index (χ1n) is 6.55. The Balaban J connectivity index is 2.13. The lowest BCUT2D eigenvalue weighted by Gasteiger charge is -2.19. The first-order chi connectivity index (χ1) is 8.55. The summed E-state index contributed by atoms with van der Waals surface area (Å²) in [7, 11) is 0. The molecule has 0 aliphatic heterocycles. The standard InChI is InChI=1S/C17H19N/c1-16(2)12-17(16,3)14-9-5-4-8-13(14)15-10-6-7-11-18-15/h4-11H,12H2,1-3H3. The number of nitrogens with zero attached hydrogens (tertiary/aromatic N) is 1. The predicted molar refractivity (Wildman–Crippen MR) is 75.4 cm³/mol. The van der Waals surface area contributed by atoms with E-state index in [0.29, 0.717) is 10.8 Å². The summed E-state index contributed by atoms with van der Waals surface area (Å²) < 4.78 is 0. The zero-order valence-corrected chi connectivity index (χ0v) is 11.3. The lowest BCUT2D eigenvalue weighted by molar-refractivity contribution is 0.529. The molecule has 1 fully saturated rings. The highest BCUT2D eigenvalue weighted by atomic mass is 14.7. The Morgan fingerprint density at radius 3 is 2.22 bits per heavy atom. The molecule has 0 spiro atoms. The monoisotopic (exact) mass is 237 g/mol. The largest absolute Gasteiger partial charge is 0.256 e. The molecule has 1 aliphatic rings. The van der Waals surface area contributed by atoms with Crippen molar-refractivity contribution in [2.75, 3.05) is 0 Å². The van der Waals surface area contributed by atoms with E-state index >= 15 is 0 Å². The molecule has 0 N–H and O–H groups in total. The van der Waals surface area contributed by atoms with Gasteiger partial charge in [0.15, 0.2) is 0 Å². The summed E-state index contributed by atoms with van der Waals surface area (Å²) in [6.45, 7) is 7.07. The Hall–Kier alpha value is -1.63. The molecule has 1 aliphatic carbocycles. The normalized spacial score (nSPS) is 24.8. The third kappa shape index (κ3) is 1.58. The number of aromatic nitrogens is 1. The fraction of sp³-hybridized carbons (Fsp3) is 0.353. The third-order valence-electron chi connectivity index (χ3n) is 4.63. The molecule has 2 aromatic rings. The number of pyridine rings is 1. The van der Waals surface area contributed by atoms with Crippen LogP contribution in [0.25, 0.3) is 11.3 Å². The zero-order chi connectivity index (χ0) is 12.8. The third-order valence-corrected chi connectivity index (χ3v) is 4.63. The molecule has 0 amide bonds. The lowest BCUT2D eigenvalue weighted by atomic mass is 9.85. The molecule has 1 saturated carbocycles. The van der Waals surface area contributed by atoms with Gasteiger partial charge in [-0.15, -0.1) is 0 Å². The van der Waals surface area contributed by atoms with E-state index in [4.69, 9.17) is 0 Å². The van der Waals surface area contributed by atoms with Gasteiger partial charge in [-0.25, -0.2) is 0 Å². The second-order valence-corrected chi connectivity index (χ2v) is 6.15. The van der Waals surface area contributed by atoms with Gasteiger partial charge in [0.2, 0.25) is 0 Å². The highest BCUT2D eigenvalue weighted by molar-refractivity contribution is 5.67. The van der Waals surface area contributed by atoms with Crippen LogP contribution in [0.15, 0.2) is 48.7 Å². The molecule has 92 valence electrons. The van der Waals surface area contributed by atoms with Crippen LogP contribution in [0.3, 0.4) is 0 Å². The maximum Gasteiger partial charge on any atom is 0.0704 e. The van der Waals surface area contributed by atoms with E-state index in [0.717, 1.165) is 5.69 Å². The van der Waals surface area contributed by atoms with Crippen LogP contribution in [-0.2, 0) is 5.41 Å². The molecular weight excluding hydrogens is 218 g/mol. The quantitative estimate of drug-likeness (QED) is 0.752. The number of rotatable bonds is 2. The number of benzene rings is 1. The van der Waals surface area contributed by atoms with Crippen molar-refractivity contribution in [3.63, 3.8) is 0 Å². The van der Waals surface area contributed by atoms with Gasteiger partial charge in [-0.3, -0.25) is 4.98 Å². The van der Waals surface area contributed by atoms with E-state index in [1.54, 1.807) is 0 Å². The van der Waals surface area contributed by atoms with Crippen molar-refractivity contribution in [2.45, 2.75) is 32.6 Å². The lowest BCUT2D eigenvalue weighted by Crippen LogP contribution is -2.11. The van der Waals surface area contributed by atoms with E-state index in [1.807, 2.05) is 12.3 Å². The molecule has 1 unspecified atom stereocenters. The van der Waals surface area contributed by atoms with Crippen molar-refractivity contribution in [3.05, 3.63) is 54.2 Å². The average Bonchev–Trinajstić information content (AvgIpc) is 2.91. The second kappa shape index (κ2) is 3.68. The van der Waals surface area contributed by atoms with Crippen molar-refractivity contribution in [3.8, 4) is 11.3 Å². The van der Waals surface area contributed by atoms with Crippen molar-refractivity contribution in [1.29, 1.82) is 0 Å². The molecule has 0 radical (unpaired) electrons. The van der Waals surface area contributed by atoms with E-state index < -0.39 is 0 Å². The number of hydrogen-bond donors (Lipinski definition) is 0. The van der Waals surface area contributed by atoms with Crippen LogP contribution >= 0.6 is 0 Å². The highest BCUT2D eigenvalue weighted by Crippen LogP contribution is 2.65. The molecule has 1 heteroatoms. The summed E-state index contributed by atoms with van der Waals surface area (Å²) in [6, 6.07) is 14.8. The second-order valence-electron chi connectivity index (χ2n) is 6.15. The Kier molecular flexibility index (Phi) is 2.34. The molecule has 1 aromatic heterocycles. The maximum atomic E-state index is 4.50. The van der Waals surface area contributed by atoms with E-state index in [9.17, 15) is 0 Å². The van der Waals surface area contributed by atoms with E-state index in [1.165, 1.54) is 17.5 Å². The van der Waals surface area contributed by atoms with Crippen molar-refractivity contribution >= 4 is 0 Å². The molecule has 0 bridgehead atoms. The summed E-state index contributed by atoms with van der Waals surface area (Å²) in [5.74, 6) is 0. The Labute approximate surface area is 109 Å². The highest BCUT2D eigenvalue weighted by Gasteiger charge is 2.58. The van der Waals surface area contributed by atoms with Gasteiger partial charge in [0.1, 0.15) is 0 Å². The number of hydrogen-bond acceptors (Lipinski definition) is 1. The molecule has 1 heterocycles. The molecule has 1 atom stereocenters. The molecule has 1 nitrogen and oxygen atoms in total. The Bertz CT molecular complexity index is 571. The summed E-state index contributed by atoms with van der Waals surface area (Å²) >= 11 is 0. The maximum absolute atomic E-state index is 4.50. The van der Waals surface area contributed by atoms with E-state index in [-0.39, 0.29) is 0 Å². The van der Waals surface area contributed by atoms with Crippen LogP contribution in [0.1, 0.15) is 32.8 Å². The van der Waals surface area contributed by atoms with Crippen LogP contribution in [0, 0.1) is 5.41 Å². The van der Waals surface area contributed by atoms with Gasteiger partial charge in [0.05, 0.1) is 5.69 Å². The first kappa shape index (κ1) is 11.5. The van der Waals surface area contributed by atoms with Crippen LogP contribution in [0.4, 0.5) is 0 Å². The minimum Gasteiger partial charge on any atom is -0.256 e. The van der Waals surface area contributed by atoms with Crippen molar-refractivity contribution < 1.29 is 0 Å². The molecule has 1 aromatic carbocycles. The Morgan fingerprint density at radius 2 is 1.61 bits per heavy atom. The van der Waals surface area contributed by atoms with Crippen LogP contribution < -0.4 is 0 Å². The van der Waals surface area contributed by atoms with Gasteiger partial charge in [0.25, 0.3) is 0 Å². The van der Waals surface area contributed by atoms with Gasteiger partial charge in [-0.2, -0.15) is 0 Å².